The third kappa shape index (κ3) is 2.10. The summed E-state index contributed by atoms with van der Waals surface area (Å²) in [6.45, 7) is 3.62. The Labute approximate surface area is 113 Å². The Kier molecular flexibility index (Phi) is 3.57. The summed E-state index contributed by atoms with van der Waals surface area (Å²) in [4.78, 5) is 0. The smallest absolute Gasteiger partial charge is 0.365 e. The van der Waals surface area contributed by atoms with Crippen LogP contribution in [0.2, 0.25) is 0 Å². The van der Waals surface area contributed by atoms with Crippen LogP contribution in [0, 0.1) is 24.5 Å². The number of ether oxygens (including phenoxy) is 1. The molecule has 1 aromatic rings. The maximum absolute atomic E-state index is 13.6. The van der Waals surface area contributed by atoms with Crippen LogP contribution in [0.3, 0.4) is 0 Å². The highest BCUT2D eigenvalue weighted by Crippen LogP contribution is 2.50. The summed E-state index contributed by atoms with van der Waals surface area (Å²) in [5.41, 5.74) is -1.86. The van der Waals surface area contributed by atoms with Gasteiger partial charge in [-0.05, 0) is 31.0 Å². The van der Waals surface area contributed by atoms with Gasteiger partial charge in [-0.3, -0.25) is 0 Å². The molecule has 2 rings (SSSR count). The molecule has 0 aliphatic carbocycles. The summed E-state index contributed by atoms with van der Waals surface area (Å²) in [5.74, 6) is -3.52. The quantitative estimate of drug-likeness (QED) is 0.700. The number of halogens is 5. The monoisotopic (exact) mass is 294 g/mol. The first-order valence-electron chi connectivity index (χ1n) is 6.24. The molecule has 0 N–H and O–H groups in total. The van der Waals surface area contributed by atoms with Crippen LogP contribution in [0.4, 0.5) is 22.0 Å². The normalized spacial score (nSPS) is 30.8. The third-order valence-corrected chi connectivity index (χ3v) is 4.38. The van der Waals surface area contributed by atoms with Gasteiger partial charge in [0.2, 0.25) is 0 Å². The summed E-state index contributed by atoms with van der Waals surface area (Å²) in [6.07, 6.45) is -4.51. The van der Waals surface area contributed by atoms with Gasteiger partial charge >= 0.3 is 6.18 Å². The minimum atomic E-state index is -4.51. The molecule has 20 heavy (non-hydrogen) atoms. The Hall–Kier alpha value is -1.17. The van der Waals surface area contributed by atoms with E-state index in [1.54, 1.807) is 0 Å². The fraction of sp³-hybridized carbons (Fsp3) is 0.571. The second kappa shape index (κ2) is 4.69. The molecule has 0 saturated carbocycles. The van der Waals surface area contributed by atoms with Crippen molar-refractivity contribution in [3.05, 3.63) is 34.9 Å². The van der Waals surface area contributed by atoms with Crippen molar-refractivity contribution in [2.45, 2.75) is 38.5 Å². The molecule has 6 heteroatoms. The molecule has 1 aromatic carbocycles. The highest BCUT2D eigenvalue weighted by Gasteiger charge is 2.61. The molecule has 1 aliphatic heterocycles. The number of hydrogen-bond donors (Lipinski definition) is 0. The van der Waals surface area contributed by atoms with E-state index in [2.05, 4.69) is 0 Å². The molecule has 3 atom stereocenters. The minimum Gasteiger partial charge on any atom is -0.365 e. The molecule has 1 nitrogen and oxygen atoms in total. The molecular weight excluding hydrogens is 279 g/mol. The molecule has 0 radical (unpaired) electrons. The van der Waals surface area contributed by atoms with Gasteiger partial charge in [-0.1, -0.05) is 13.0 Å². The van der Waals surface area contributed by atoms with Crippen molar-refractivity contribution in [1.82, 2.24) is 0 Å². The van der Waals surface area contributed by atoms with Crippen LogP contribution in [-0.4, -0.2) is 18.4 Å². The van der Waals surface area contributed by atoms with Crippen molar-refractivity contribution in [2.75, 3.05) is 6.61 Å². The van der Waals surface area contributed by atoms with Gasteiger partial charge in [0.15, 0.2) is 17.2 Å². The maximum Gasteiger partial charge on any atom is 0.417 e. The average molecular weight is 294 g/mol. The van der Waals surface area contributed by atoms with Gasteiger partial charge in [0, 0.05) is 11.8 Å². The van der Waals surface area contributed by atoms with Crippen LogP contribution >= 0.6 is 0 Å². The number of rotatable bonds is 1. The van der Waals surface area contributed by atoms with Crippen LogP contribution in [-0.2, 0) is 4.74 Å². The van der Waals surface area contributed by atoms with Crippen LogP contribution in [0.1, 0.15) is 30.9 Å². The van der Waals surface area contributed by atoms with Crippen LogP contribution in [0.15, 0.2) is 12.1 Å². The fourth-order valence-electron chi connectivity index (χ4n) is 2.69. The summed E-state index contributed by atoms with van der Waals surface area (Å²) < 4.78 is 70.8. The second-order valence-corrected chi connectivity index (χ2v) is 5.39. The predicted octanol–water partition coefficient (Wildman–Crippen LogP) is 4.34. The molecule has 0 aromatic heterocycles. The fourth-order valence-corrected chi connectivity index (χ4v) is 2.69. The van der Waals surface area contributed by atoms with E-state index in [4.69, 9.17) is 4.74 Å². The molecular formula is C14H15F5O. The van der Waals surface area contributed by atoms with Gasteiger partial charge in [-0.2, -0.15) is 13.2 Å². The summed E-state index contributed by atoms with van der Waals surface area (Å²) in [5, 5.41) is 0. The van der Waals surface area contributed by atoms with E-state index in [0.717, 1.165) is 13.0 Å². The zero-order valence-corrected chi connectivity index (χ0v) is 11.3. The van der Waals surface area contributed by atoms with E-state index >= 15 is 0 Å². The van der Waals surface area contributed by atoms with E-state index in [0.29, 0.717) is 5.56 Å². The van der Waals surface area contributed by atoms with Gasteiger partial charge in [0.05, 0.1) is 6.61 Å². The number of alkyl halides is 3. The van der Waals surface area contributed by atoms with E-state index < -0.39 is 35.2 Å². The molecule has 1 fully saturated rings. The molecule has 0 amide bonds. The highest BCUT2D eigenvalue weighted by atomic mass is 19.4. The largest absolute Gasteiger partial charge is 0.417 e. The Morgan fingerprint density at radius 1 is 1.25 bits per heavy atom. The third-order valence-electron chi connectivity index (χ3n) is 4.38. The highest BCUT2D eigenvalue weighted by molar-refractivity contribution is 5.33. The zero-order chi connectivity index (χ0) is 15.3. The lowest BCUT2D eigenvalue weighted by Crippen LogP contribution is -2.46. The van der Waals surface area contributed by atoms with E-state index in [9.17, 15) is 22.0 Å². The molecule has 1 aliphatic rings. The Balaban J connectivity index is 2.40. The van der Waals surface area contributed by atoms with Crippen molar-refractivity contribution in [3.8, 4) is 0 Å². The number of hydrogen-bond acceptors (Lipinski definition) is 1. The lowest BCUT2D eigenvalue weighted by molar-refractivity contribution is -0.266. The summed E-state index contributed by atoms with van der Waals surface area (Å²) in [7, 11) is 0. The van der Waals surface area contributed by atoms with Gasteiger partial charge in [0.25, 0.3) is 0 Å². The Morgan fingerprint density at radius 2 is 1.85 bits per heavy atom. The predicted molar refractivity (Wildman–Crippen MR) is 63.4 cm³/mol. The van der Waals surface area contributed by atoms with Crippen LogP contribution < -0.4 is 0 Å². The van der Waals surface area contributed by atoms with Crippen LogP contribution in [0.5, 0.6) is 0 Å². The first kappa shape index (κ1) is 15.2. The van der Waals surface area contributed by atoms with Crippen molar-refractivity contribution >= 4 is 0 Å². The van der Waals surface area contributed by atoms with Crippen molar-refractivity contribution in [1.29, 1.82) is 0 Å². The Morgan fingerprint density at radius 3 is 2.35 bits per heavy atom. The summed E-state index contributed by atoms with van der Waals surface area (Å²) >= 11 is 0. The van der Waals surface area contributed by atoms with Gasteiger partial charge in [-0.15, -0.1) is 0 Å². The van der Waals surface area contributed by atoms with E-state index in [1.165, 1.54) is 19.9 Å². The lowest BCUT2D eigenvalue weighted by Gasteiger charge is -2.32. The topological polar surface area (TPSA) is 9.23 Å². The summed E-state index contributed by atoms with van der Waals surface area (Å²) in [6, 6.07) is 2.27. The minimum absolute atomic E-state index is 0.0388. The van der Waals surface area contributed by atoms with Crippen molar-refractivity contribution in [2.24, 2.45) is 5.92 Å². The van der Waals surface area contributed by atoms with Crippen molar-refractivity contribution in [3.63, 3.8) is 0 Å². The molecule has 0 spiro atoms. The van der Waals surface area contributed by atoms with Crippen molar-refractivity contribution < 1.29 is 26.7 Å². The molecule has 1 saturated heterocycles. The van der Waals surface area contributed by atoms with E-state index in [1.807, 2.05) is 0 Å². The zero-order valence-electron chi connectivity index (χ0n) is 11.3. The molecule has 112 valence electrons. The first-order valence-corrected chi connectivity index (χ1v) is 6.24. The van der Waals surface area contributed by atoms with E-state index in [-0.39, 0.29) is 12.2 Å². The lowest BCUT2D eigenvalue weighted by atomic mass is 9.78. The number of benzene rings is 1. The SMILES string of the molecule is Cc1c([C@@H]2CO[C@](C)(C(F)(F)F)[C@@H]2C)ccc(F)c1F. The van der Waals surface area contributed by atoms with Gasteiger partial charge in [-0.25, -0.2) is 8.78 Å². The Bertz CT molecular complexity index is 525. The molecule has 0 bridgehead atoms. The molecule has 1 heterocycles. The van der Waals surface area contributed by atoms with Gasteiger partial charge in [0.1, 0.15) is 0 Å². The standard InChI is InChI=1S/C14H15F5O/c1-7-9(4-5-11(15)12(7)16)10-6-20-13(3,8(10)2)14(17,18)19/h4-5,8,10H,6H2,1-3H3/t8-,10-,13+/m1/s1. The second-order valence-electron chi connectivity index (χ2n) is 5.39. The maximum atomic E-state index is 13.6. The first-order chi connectivity index (χ1) is 9.09. The average Bonchev–Trinajstić information content (AvgIpc) is 2.65. The van der Waals surface area contributed by atoms with Crippen LogP contribution in [0.25, 0.3) is 0 Å². The van der Waals surface area contributed by atoms with Gasteiger partial charge < -0.3 is 4.74 Å². The molecule has 0 unspecified atom stereocenters.